The molecule has 1 fully saturated rings. The Kier molecular flexibility index (Phi) is 7.33. The molecule has 0 unspecified atom stereocenters. The van der Waals surface area contributed by atoms with Crippen molar-refractivity contribution in [2.45, 2.75) is 24.6 Å². The van der Waals surface area contributed by atoms with Crippen LogP contribution < -0.4 is 20.1 Å². The number of ether oxygens (including phenoxy) is 2. The highest BCUT2D eigenvalue weighted by atomic mass is 35.5. The molecule has 3 aromatic carbocycles. The third kappa shape index (κ3) is 5.35. The average molecular weight is 535 g/mol. The number of amides is 2. The van der Waals surface area contributed by atoms with Crippen LogP contribution in [0.25, 0.3) is 0 Å². The van der Waals surface area contributed by atoms with Crippen LogP contribution in [0.2, 0.25) is 5.02 Å². The Morgan fingerprint density at radius 3 is 2.35 bits per heavy atom. The molecule has 0 aliphatic carbocycles. The number of urea groups is 1. The summed E-state index contributed by atoms with van der Waals surface area (Å²) in [6.45, 7) is 0.153. The topological polar surface area (TPSA) is 96.9 Å². The van der Waals surface area contributed by atoms with Crippen molar-refractivity contribution in [2.75, 3.05) is 7.11 Å². The molecule has 0 spiro atoms. The van der Waals surface area contributed by atoms with Crippen LogP contribution in [0.5, 0.6) is 11.5 Å². The van der Waals surface area contributed by atoms with Gasteiger partial charge >= 0.3 is 12.2 Å². The zero-order valence-electron chi connectivity index (χ0n) is 19.4. The Bertz CT molecular complexity index is 1290. The minimum absolute atomic E-state index is 0.0620. The zero-order chi connectivity index (χ0) is 26.8. The molecule has 3 aromatic rings. The van der Waals surface area contributed by atoms with E-state index in [0.717, 1.165) is 5.56 Å². The Labute approximate surface area is 215 Å². The maximum Gasteiger partial charge on any atom is 0.437 e. The number of carbonyl (C=O) groups is 2. The molecule has 2 amide bonds. The molecular weight excluding hydrogens is 513 g/mol. The lowest BCUT2D eigenvalue weighted by Gasteiger charge is -2.45. The summed E-state index contributed by atoms with van der Waals surface area (Å²) in [7, 11) is 1.34. The number of rotatable bonds is 7. The van der Waals surface area contributed by atoms with Crippen molar-refractivity contribution in [1.82, 2.24) is 10.6 Å². The Balaban J connectivity index is 1.71. The number of benzene rings is 3. The summed E-state index contributed by atoms with van der Waals surface area (Å²) >= 11 is 5.89. The molecule has 11 heteroatoms. The predicted octanol–water partition coefficient (Wildman–Crippen LogP) is 5.03. The van der Waals surface area contributed by atoms with Gasteiger partial charge in [0.05, 0.1) is 13.2 Å². The van der Waals surface area contributed by atoms with E-state index < -0.39 is 35.7 Å². The van der Waals surface area contributed by atoms with E-state index in [9.17, 15) is 27.9 Å². The number of ketones is 1. The van der Waals surface area contributed by atoms with E-state index in [-0.39, 0.29) is 29.2 Å². The summed E-state index contributed by atoms with van der Waals surface area (Å²) in [6, 6.07) is 15.5. The largest absolute Gasteiger partial charge is 0.493 e. The first-order valence-electron chi connectivity index (χ1n) is 11.1. The summed E-state index contributed by atoms with van der Waals surface area (Å²) < 4.78 is 53.5. The van der Waals surface area contributed by atoms with Gasteiger partial charge in [-0.25, -0.2) is 4.79 Å². The van der Waals surface area contributed by atoms with Gasteiger partial charge < -0.3 is 25.2 Å². The lowest BCUT2D eigenvalue weighted by atomic mass is 9.77. The van der Waals surface area contributed by atoms with Crippen LogP contribution in [-0.4, -0.2) is 35.9 Å². The van der Waals surface area contributed by atoms with E-state index >= 15 is 0 Å². The quantitative estimate of drug-likeness (QED) is 0.369. The molecule has 0 aromatic heterocycles. The highest BCUT2D eigenvalue weighted by Gasteiger charge is 2.66. The van der Waals surface area contributed by atoms with Crippen molar-refractivity contribution in [3.8, 4) is 11.5 Å². The molecular formula is C26H22ClF3N2O5. The number of Topliss-reactive ketones (excluding diaryl/α,β-unsaturated/α-hetero) is 1. The second-order valence-corrected chi connectivity index (χ2v) is 8.81. The van der Waals surface area contributed by atoms with Crippen LogP contribution in [0.4, 0.5) is 18.0 Å². The van der Waals surface area contributed by atoms with E-state index in [1.165, 1.54) is 54.9 Å². The molecule has 0 bridgehead atoms. The van der Waals surface area contributed by atoms with Gasteiger partial charge in [0.1, 0.15) is 12.5 Å². The van der Waals surface area contributed by atoms with Gasteiger partial charge in [-0.15, -0.1) is 0 Å². The van der Waals surface area contributed by atoms with Gasteiger partial charge in [-0.3, -0.25) is 4.79 Å². The highest BCUT2D eigenvalue weighted by Crippen LogP contribution is 2.45. The van der Waals surface area contributed by atoms with Crippen LogP contribution in [0.15, 0.2) is 72.8 Å². The van der Waals surface area contributed by atoms with Gasteiger partial charge in [-0.1, -0.05) is 60.1 Å². The molecule has 3 N–H and O–H groups in total. The Hall–Kier alpha value is -3.76. The highest BCUT2D eigenvalue weighted by molar-refractivity contribution is 6.30. The maximum atomic E-state index is 14.1. The fourth-order valence-electron chi connectivity index (χ4n) is 4.14. The van der Waals surface area contributed by atoms with Crippen LogP contribution in [0, 0.1) is 5.92 Å². The lowest BCUT2D eigenvalue weighted by molar-refractivity contribution is -0.287. The second-order valence-electron chi connectivity index (χ2n) is 8.37. The van der Waals surface area contributed by atoms with Crippen LogP contribution in [0.1, 0.15) is 27.5 Å². The van der Waals surface area contributed by atoms with Gasteiger partial charge in [0.2, 0.25) is 5.72 Å². The number of halogens is 4. The molecule has 4 rings (SSSR count). The number of carbonyl (C=O) groups excluding carboxylic acids is 2. The molecule has 194 valence electrons. The van der Waals surface area contributed by atoms with E-state index in [1.807, 2.05) is 0 Å². The Morgan fingerprint density at radius 2 is 1.73 bits per heavy atom. The van der Waals surface area contributed by atoms with Crippen LogP contribution in [-0.2, 0) is 6.61 Å². The van der Waals surface area contributed by atoms with E-state index in [2.05, 4.69) is 5.32 Å². The van der Waals surface area contributed by atoms with Gasteiger partial charge in [-0.05, 0) is 35.4 Å². The average Bonchev–Trinajstić information content (AvgIpc) is 2.87. The van der Waals surface area contributed by atoms with Gasteiger partial charge in [0.25, 0.3) is 0 Å². The van der Waals surface area contributed by atoms with Crippen molar-refractivity contribution >= 4 is 23.4 Å². The third-order valence-corrected chi connectivity index (χ3v) is 6.25. The van der Waals surface area contributed by atoms with Crippen LogP contribution in [0.3, 0.4) is 0 Å². The monoisotopic (exact) mass is 534 g/mol. The second kappa shape index (κ2) is 10.3. The Morgan fingerprint density at radius 1 is 1.05 bits per heavy atom. The summed E-state index contributed by atoms with van der Waals surface area (Å²) in [5, 5.41) is 15.2. The smallest absolute Gasteiger partial charge is 0.437 e. The molecule has 3 atom stereocenters. The number of nitrogens with one attached hydrogen (secondary N) is 2. The van der Waals surface area contributed by atoms with E-state index in [1.54, 1.807) is 30.3 Å². The summed E-state index contributed by atoms with van der Waals surface area (Å²) in [6.07, 6.45) is -5.36. The van der Waals surface area contributed by atoms with Crippen molar-refractivity contribution < 1.29 is 37.3 Å². The normalized spacial score (nSPS) is 21.5. The van der Waals surface area contributed by atoms with Gasteiger partial charge in [0, 0.05) is 10.6 Å². The first-order chi connectivity index (χ1) is 17.5. The molecule has 1 heterocycles. The zero-order valence-corrected chi connectivity index (χ0v) is 20.1. The molecule has 1 aliphatic heterocycles. The van der Waals surface area contributed by atoms with Crippen molar-refractivity contribution in [1.29, 1.82) is 0 Å². The molecule has 0 saturated carbocycles. The number of methoxy groups -OCH3 is 1. The minimum Gasteiger partial charge on any atom is -0.493 e. The summed E-state index contributed by atoms with van der Waals surface area (Å²) in [5.74, 6) is -2.74. The standard InChI is InChI=1S/C26H22ClF3N2O5/c1-36-20-13-17(9-12-19(20)37-14-15-7-10-18(27)11-8-15)22-21(23(33)16-5-3-2-4-6-16)25(35,26(28,29)30)32-24(34)31-22/h2-13,21-22,35H,14H2,1H3,(H2,31,32,34)/t21-,22-,25-/m0/s1. The molecule has 1 saturated heterocycles. The molecule has 37 heavy (non-hydrogen) atoms. The minimum atomic E-state index is -5.36. The molecule has 0 radical (unpaired) electrons. The van der Waals surface area contributed by atoms with Gasteiger partial charge in [-0.2, -0.15) is 13.2 Å². The van der Waals surface area contributed by atoms with E-state index in [0.29, 0.717) is 5.02 Å². The van der Waals surface area contributed by atoms with Crippen LogP contribution >= 0.6 is 11.6 Å². The predicted molar refractivity (Wildman–Crippen MR) is 128 cm³/mol. The first-order valence-corrected chi connectivity index (χ1v) is 11.4. The summed E-state index contributed by atoms with van der Waals surface area (Å²) in [4.78, 5) is 25.6. The van der Waals surface area contributed by atoms with Crippen molar-refractivity contribution in [3.63, 3.8) is 0 Å². The van der Waals surface area contributed by atoms with E-state index in [4.69, 9.17) is 21.1 Å². The fraction of sp³-hybridized carbons (Fsp3) is 0.231. The first kappa shape index (κ1) is 26.3. The third-order valence-electron chi connectivity index (χ3n) is 6.00. The molecule has 7 nitrogen and oxygen atoms in total. The SMILES string of the molecule is COc1cc([C@@H]2NC(=O)N[C@@](O)(C(F)(F)F)[C@@H]2C(=O)c2ccccc2)ccc1OCc1ccc(Cl)cc1. The number of aliphatic hydroxyl groups is 1. The number of hydrogen-bond donors (Lipinski definition) is 3. The number of alkyl halides is 3. The maximum absolute atomic E-state index is 14.1. The van der Waals surface area contributed by atoms with Crippen molar-refractivity contribution in [3.05, 3.63) is 94.5 Å². The van der Waals surface area contributed by atoms with Crippen molar-refractivity contribution in [2.24, 2.45) is 5.92 Å². The van der Waals surface area contributed by atoms with Gasteiger partial charge in [0.15, 0.2) is 17.3 Å². The fourth-order valence-corrected chi connectivity index (χ4v) is 4.26. The lowest BCUT2D eigenvalue weighted by Crippen LogP contribution is -2.72. The summed E-state index contributed by atoms with van der Waals surface area (Å²) in [5.41, 5.74) is -2.98. The molecule has 1 aliphatic rings. The number of hydrogen-bond acceptors (Lipinski definition) is 5.